The first kappa shape index (κ1) is 21.5. The predicted molar refractivity (Wildman–Crippen MR) is 119 cm³/mol. The van der Waals surface area contributed by atoms with Gasteiger partial charge in [0.15, 0.2) is 5.69 Å². The third-order valence-corrected chi connectivity index (χ3v) is 6.10. The van der Waals surface area contributed by atoms with E-state index in [1.165, 1.54) is 5.38 Å². The number of carbonyl (C=O) groups is 3. The summed E-state index contributed by atoms with van der Waals surface area (Å²) >= 11 is 1.14. The second-order valence-corrected chi connectivity index (χ2v) is 8.28. The highest BCUT2D eigenvalue weighted by molar-refractivity contribution is 7.09. The number of aromatic nitrogens is 1. The lowest BCUT2D eigenvalue weighted by Crippen LogP contribution is -2.45. The van der Waals surface area contributed by atoms with Gasteiger partial charge in [0.05, 0.1) is 6.54 Å². The first-order chi connectivity index (χ1) is 15.4. The summed E-state index contributed by atoms with van der Waals surface area (Å²) in [7, 11) is 0. The number of aromatic carboxylic acids is 1. The number of carbonyl (C=O) groups excluding carboxylic acids is 2. The molecular weight excluding hydrogens is 430 g/mol. The van der Waals surface area contributed by atoms with Crippen LogP contribution >= 0.6 is 11.3 Å². The lowest BCUT2D eigenvalue weighted by molar-refractivity contribution is -0.122. The van der Waals surface area contributed by atoms with Gasteiger partial charge in [-0.2, -0.15) is 0 Å². The highest BCUT2D eigenvalue weighted by Gasteiger charge is 2.29. The number of thiazole rings is 1. The highest BCUT2D eigenvalue weighted by atomic mass is 32.1. The van der Waals surface area contributed by atoms with Gasteiger partial charge in [-0.15, -0.1) is 11.3 Å². The van der Waals surface area contributed by atoms with Crippen molar-refractivity contribution in [2.75, 3.05) is 6.61 Å². The molecule has 3 N–H and O–H groups in total. The number of alkyl carbamates (subject to hydrolysis) is 1. The predicted octanol–water partition coefficient (Wildman–Crippen LogP) is 3.38. The number of amides is 2. The minimum atomic E-state index is -1.12. The molecule has 8 nitrogen and oxygen atoms in total. The smallest absolute Gasteiger partial charge is 0.407 e. The average Bonchev–Trinajstić information content (AvgIpc) is 3.39. The van der Waals surface area contributed by atoms with E-state index in [0.717, 1.165) is 33.6 Å². The van der Waals surface area contributed by atoms with Gasteiger partial charge in [0, 0.05) is 11.3 Å². The van der Waals surface area contributed by atoms with Gasteiger partial charge in [0.25, 0.3) is 0 Å². The van der Waals surface area contributed by atoms with Crippen molar-refractivity contribution in [3.8, 4) is 11.1 Å². The van der Waals surface area contributed by atoms with E-state index < -0.39 is 24.0 Å². The summed E-state index contributed by atoms with van der Waals surface area (Å²) in [6.45, 7) is 1.78. The molecule has 0 saturated heterocycles. The lowest BCUT2D eigenvalue weighted by atomic mass is 9.98. The van der Waals surface area contributed by atoms with Gasteiger partial charge in [-0.05, 0) is 29.2 Å². The minimum Gasteiger partial charge on any atom is -0.476 e. The Balaban J connectivity index is 1.30. The van der Waals surface area contributed by atoms with Crippen LogP contribution in [0, 0.1) is 0 Å². The largest absolute Gasteiger partial charge is 0.476 e. The molecule has 3 aromatic rings. The van der Waals surface area contributed by atoms with Crippen LogP contribution in [0.2, 0.25) is 0 Å². The summed E-state index contributed by atoms with van der Waals surface area (Å²) in [5.41, 5.74) is 4.42. The Morgan fingerprint density at radius 3 is 2.31 bits per heavy atom. The van der Waals surface area contributed by atoms with Gasteiger partial charge in [0.1, 0.15) is 17.7 Å². The number of benzene rings is 2. The number of hydrogen-bond donors (Lipinski definition) is 3. The fraction of sp³-hybridized carbons (Fsp3) is 0.217. The van der Waals surface area contributed by atoms with Crippen molar-refractivity contribution in [1.29, 1.82) is 0 Å². The normalized spacial score (nSPS) is 13.0. The van der Waals surface area contributed by atoms with Crippen molar-refractivity contribution in [2.24, 2.45) is 0 Å². The minimum absolute atomic E-state index is 0.0642. The van der Waals surface area contributed by atoms with Gasteiger partial charge < -0.3 is 20.5 Å². The Labute approximate surface area is 188 Å². The van der Waals surface area contributed by atoms with Crippen LogP contribution in [0.3, 0.4) is 0 Å². The van der Waals surface area contributed by atoms with Crippen LogP contribution in [-0.4, -0.2) is 40.7 Å². The third kappa shape index (κ3) is 4.47. The van der Waals surface area contributed by atoms with Gasteiger partial charge >= 0.3 is 12.1 Å². The van der Waals surface area contributed by atoms with E-state index >= 15 is 0 Å². The van der Waals surface area contributed by atoms with Crippen LogP contribution in [0.4, 0.5) is 4.79 Å². The molecule has 0 fully saturated rings. The first-order valence-corrected chi connectivity index (χ1v) is 10.9. The molecule has 1 aliphatic rings. The summed E-state index contributed by atoms with van der Waals surface area (Å²) in [5, 5.41) is 15.9. The standard InChI is InChI=1S/C23H21N3O5S/c1-13(21(27)24-10-20-26-19(12-32-20)22(28)29)25-23(30)31-11-18-16-8-4-2-6-14(16)15-7-3-5-9-17(15)18/h2-9,12-13,18H,10-11H2,1H3,(H,24,27)(H,25,30)(H,28,29). The number of rotatable bonds is 7. The van der Waals surface area contributed by atoms with Crippen molar-refractivity contribution in [1.82, 2.24) is 15.6 Å². The van der Waals surface area contributed by atoms with E-state index in [0.29, 0.717) is 5.01 Å². The number of nitrogens with one attached hydrogen (secondary N) is 2. The maximum Gasteiger partial charge on any atom is 0.407 e. The molecule has 164 valence electrons. The van der Waals surface area contributed by atoms with Gasteiger partial charge in [-0.25, -0.2) is 14.6 Å². The van der Waals surface area contributed by atoms with Gasteiger partial charge in [-0.1, -0.05) is 48.5 Å². The number of carboxylic acid groups (broad SMARTS) is 1. The van der Waals surface area contributed by atoms with E-state index in [2.05, 4.69) is 27.8 Å². The Morgan fingerprint density at radius 1 is 1.09 bits per heavy atom. The molecule has 1 unspecified atom stereocenters. The quantitative estimate of drug-likeness (QED) is 0.507. The fourth-order valence-electron chi connectivity index (χ4n) is 3.69. The van der Waals surface area contributed by atoms with E-state index in [4.69, 9.17) is 9.84 Å². The molecule has 0 spiro atoms. The zero-order valence-electron chi connectivity index (χ0n) is 17.2. The molecule has 0 saturated carbocycles. The number of nitrogens with zero attached hydrogens (tertiary/aromatic N) is 1. The molecule has 1 aromatic heterocycles. The molecule has 2 aromatic carbocycles. The molecule has 4 rings (SSSR count). The summed E-state index contributed by atoms with van der Waals surface area (Å²) < 4.78 is 5.45. The Morgan fingerprint density at radius 2 is 1.72 bits per heavy atom. The highest BCUT2D eigenvalue weighted by Crippen LogP contribution is 2.44. The number of carboxylic acids is 1. The van der Waals surface area contributed by atoms with Gasteiger partial charge in [0.2, 0.25) is 5.91 Å². The van der Waals surface area contributed by atoms with Crippen molar-refractivity contribution in [3.05, 3.63) is 75.7 Å². The third-order valence-electron chi connectivity index (χ3n) is 5.26. The lowest BCUT2D eigenvalue weighted by Gasteiger charge is -2.17. The molecule has 2 amide bonds. The first-order valence-electron chi connectivity index (χ1n) is 10.0. The molecule has 0 aliphatic heterocycles. The fourth-order valence-corrected chi connectivity index (χ4v) is 4.40. The Kier molecular flexibility index (Phi) is 6.18. The Bertz CT molecular complexity index is 1130. The van der Waals surface area contributed by atoms with Crippen LogP contribution in [-0.2, 0) is 16.1 Å². The number of ether oxygens (including phenoxy) is 1. The zero-order chi connectivity index (χ0) is 22.7. The summed E-state index contributed by atoms with van der Waals surface area (Å²) in [6.07, 6.45) is -0.683. The van der Waals surface area contributed by atoms with E-state index in [1.807, 2.05) is 36.4 Å². The molecule has 0 radical (unpaired) electrons. The summed E-state index contributed by atoms with van der Waals surface area (Å²) in [6, 6.07) is 15.3. The average molecular weight is 452 g/mol. The van der Waals surface area contributed by atoms with Crippen molar-refractivity contribution >= 4 is 29.3 Å². The monoisotopic (exact) mass is 451 g/mol. The van der Waals surface area contributed by atoms with Crippen LogP contribution in [0.1, 0.15) is 39.5 Å². The van der Waals surface area contributed by atoms with E-state index in [1.54, 1.807) is 6.92 Å². The van der Waals surface area contributed by atoms with Crippen LogP contribution in [0.25, 0.3) is 11.1 Å². The Hall–Kier alpha value is -3.72. The van der Waals surface area contributed by atoms with Crippen molar-refractivity contribution in [2.45, 2.75) is 25.4 Å². The molecule has 1 atom stereocenters. The van der Waals surface area contributed by atoms with Crippen molar-refractivity contribution < 1.29 is 24.2 Å². The molecule has 1 heterocycles. The zero-order valence-corrected chi connectivity index (χ0v) is 18.0. The molecule has 1 aliphatic carbocycles. The van der Waals surface area contributed by atoms with Crippen LogP contribution < -0.4 is 10.6 Å². The van der Waals surface area contributed by atoms with Gasteiger partial charge in [-0.3, -0.25) is 4.79 Å². The topological polar surface area (TPSA) is 118 Å². The second-order valence-electron chi connectivity index (χ2n) is 7.34. The maximum atomic E-state index is 12.3. The SMILES string of the molecule is CC(NC(=O)OCC1c2ccccc2-c2ccccc21)C(=O)NCc1nc(C(=O)O)cs1. The molecule has 32 heavy (non-hydrogen) atoms. The molecule has 0 bridgehead atoms. The van der Waals surface area contributed by atoms with Crippen LogP contribution in [0.5, 0.6) is 0 Å². The van der Waals surface area contributed by atoms with Crippen molar-refractivity contribution in [3.63, 3.8) is 0 Å². The second kappa shape index (κ2) is 9.19. The van der Waals surface area contributed by atoms with Crippen LogP contribution in [0.15, 0.2) is 53.9 Å². The van der Waals surface area contributed by atoms with E-state index in [9.17, 15) is 14.4 Å². The summed E-state index contributed by atoms with van der Waals surface area (Å²) in [5.74, 6) is -1.61. The maximum absolute atomic E-state index is 12.3. The van der Waals surface area contributed by atoms with E-state index in [-0.39, 0.29) is 24.8 Å². The molecule has 9 heteroatoms. The summed E-state index contributed by atoms with van der Waals surface area (Å²) in [4.78, 5) is 39.3. The number of hydrogen-bond acceptors (Lipinski definition) is 6. The molecular formula is C23H21N3O5S. The number of fused-ring (bicyclic) bond motifs is 3.